The third kappa shape index (κ3) is 2.59. The zero-order valence-electron chi connectivity index (χ0n) is 9.88. The van der Waals surface area contributed by atoms with Crippen LogP contribution in [0.15, 0.2) is 24.3 Å². The average molecular weight is 269 g/mol. The van der Waals surface area contributed by atoms with Crippen molar-refractivity contribution in [3.05, 3.63) is 41.2 Å². The van der Waals surface area contributed by atoms with E-state index in [2.05, 4.69) is 9.97 Å². The first-order chi connectivity index (χ1) is 8.79. The van der Waals surface area contributed by atoms with Crippen molar-refractivity contribution in [3.63, 3.8) is 0 Å². The van der Waals surface area contributed by atoms with Crippen LogP contribution in [0, 0.1) is 6.92 Å². The van der Waals surface area contributed by atoms with Crippen molar-refractivity contribution in [2.45, 2.75) is 13.1 Å². The molecule has 0 saturated carbocycles. The number of carbonyl (C=O) groups is 1. The van der Waals surface area contributed by atoms with E-state index in [4.69, 9.17) is 5.73 Å². The third-order valence-electron chi connectivity index (χ3n) is 2.58. The number of hydrogen-bond acceptors (Lipinski definition) is 2. The molecule has 1 aromatic carbocycles. The molecule has 0 fully saturated rings. The second-order valence-corrected chi connectivity index (χ2v) is 4.00. The zero-order chi connectivity index (χ0) is 14.2. The van der Waals surface area contributed by atoms with Crippen molar-refractivity contribution >= 4 is 5.91 Å². The van der Waals surface area contributed by atoms with Crippen LogP contribution in [0.5, 0.6) is 0 Å². The number of nitrogens with one attached hydrogen (secondary N) is 1. The van der Waals surface area contributed by atoms with Crippen LogP contribution in [-0.2, 0) is 6.18 Å². The van der Waals surface area contributed by atoms with Crippen LogP contribution in [0.3, 0.4) is 0 Å². The number of H-pyrrole nitrogens is 1. The Kier molecular flexibility index (Phi) is 3.05. The SMILES string of the molecule is Cc1[nH]c(-c2cccc(C(F)(F)F)c2)nc1C(N)=O. The summed E-state index contributed by atoms with van der Waals surface area (Å²) in [5.41, 5.74) is 5.00. The summed E-state index contributed by atoms with van der Waals surface area (Å²) in [5, 5.41) is 0. The number of nitrogens with two attached hydrogens (primary N) is 1. The Morgan fingerprint density at radius 3 is 2.58 bits per heavy atom. The predicted octanol–water partition coefficient (Wildman–Crippen LogP) is 2.50. The summed E-state index contributed by atoms with van der Waals surface area (Å²) >= 11 is 0. The van der Waals surface area contributed by atoms with E-state index in [0.29, 0.717) is 5.69 Å². The molecule has 100 valence electrons. The average Bonchev–Trinajstić information content (AvgIpc) is 2.70. The maximum atomic E-state index is 12.6. The van der Waals surface area contributed by atoms with E-state index >= 15 is 0 Å². The molecule has 0 spiro atoms. The molecule has 0 unspecified atom stereocenters. The molecule has 0 bridgehead atoms. The van der Waals surface area contributed by atoms with E-state index in [0.717, 1.165) is 12.1 Å². The molecule has 0 aliphatic carbocycles. The van der Waals surface area contributed by atoms with Gasteiger partial charge in [-0.3, -0.25) is 4.79 Å². The van der Waals surface area contributed by atoms with Gasteiger partial charge in [-0.15, -0.1) is 0 Å². The van der Waals surface area contributed by atoms with Gasteiger partial charge in [-0.1, -0.05) is 12.1 Å². The minimum absolute atomic E-state index is 0.0208. The van der Waals surface area contributed by atoms with Crippen molar-refractivity contribution in [1.82, 2.24) is 9.97 Å². The van der Waals surface area contributed by atoms with Gasteiger partial charge < -0.3 is 10.7 Å². The lowest BCUT2D eigenvalue weighted by atomic mass is 10.1. The fourth-order valence-corrected chi connectivity index (χ4v) is 1.68. The first-order valence-electron chi connectivity index (χ1n) is 5.33. The lowest BCUT2D eigenvalue weighted by Crippen LogP contribution is -2.12. The fourth-order valence-electron chi connectivity index (χ4n) is 1.68. The molecule has 7 heteroatoms. The summed E-state index contributed by atoms with van der Waals surface area (Å²) in [7, 11) is 0. The molecule has 2 aromatic rings. The molecule has 2 rings (SSSR count). The molecule has 0 aliphatic rings. The van der Waals surface area contributed by atoms with Gasteiger partial charge in [-0.05, 0) is 19.1 Å². The maximum Gasteiger partial charge on any atom is 0.416 e. The zero-order valence-corrected chi connectivity index (χ0v) is 9.88. The van der Waals surface area contributed by atoms with Crippen molar-refractivity contribution in [3.8, 4) is 11.4 Å². The van der Waals surface area contributed by atoms with E-state index in [-0.39, 0.29) is 17.1 Å². The largest absolute Gasteiger partial charge is 0.416 e. The molecule has 0 aliphatic heterocycles. The van der Waals surface area contributed by atoms with Crippen molar-refractivity contribution < 1.29 is 18.0 Å². The normalized spacial score (nSPS) is 11.6. The van der Waals surface area contributed by atoms with Gasteiger partial charge >= 0.3 is 6.18 Å². The van der Waals surface area contributed by atoms with Crippen LogP contribution >= 0.6 is 0 Å². The van der Waals surface area contributed by atoms with E-state index in [9.17, 15) is 18.0 Å². The molecule has 1 aromatic heterocycles. The maximum absolute atomic E-state index is 12.6. The lowest BCUT2D eigenvalue weighted by molar-refractivity contribution is -0.137. The summed E-state index contributed by atoms with van der Waals surface area (Å²) in [5.74, 6) is -0.552. The van der Waals surface area contributed by atoms with E-state index < -0.39 is 17.6 Å². The smallest absolute Gasteiger partial charge is 0.364 e. The molecule has 4 nitrogen and oxygen atoms in total. The summed E-state index contributed by atoms with van der Waals surface area (Å²) in [6, 6.07) is 4.68. The molecule has 0 saturated heterocycles. The molecule has 1 heterocycles. The number of hydrogen-bond donors (Lipinski definition) is 2. The van der Waals surface area contributed by atoms with E-state index in [1.807, 2.05) is 0 Å². The van der Waals surface area contributed by atoms with Crippen LogP contribution in [0.1, 0.15) is 21.7 Å². The van der Waals surface area contributed by atoms with Crippen LogP contribution in [-0.4, -0.2) is 15.9 Å². The Bertz CT molecular complexity index is 631. The third-order valence-corrected chi connectivity index (χ3v) is 2.58. The minimum atomic E-state index is -4.43. The van der Waals surface area contributed by atoms with Gasteiger partial charge in [0.15, 0.2) is 0 Å². The van der Waals surface area contributed by atoms with Crippen LogP contribution in [0.25, 0.3) is 11.4 Å². The molecule has 19 heavy (non-hydrogen) atoms. The Balaban J connectivity index is 2.48. The van der Waals surface area contributed by atoms with Gasteiger partial charge in [0.1, 0.15) is 11.5 Å². The number of carbonyl (C=O) groups excluding carboxylic acids is 1. The second kappa shape index (κ2) is 4.42. The summed E-state index contributed by atoms with van der Waals surface area (Å²) in [6.07, 6.45) is -4.43. The first-order valence-corrected chi connectivity index (χ1v) is 5.33. The number of amides is 1. The summed E-state index contributed by atoms with van der Waals surface area (Å²) in [4.78, 5) is 17.7. The lowest BCUT2D eigenvalue weighted by Gasteiger charge is -2.07. The van der Waals surface area contributed by atoms with Crippen molar-refractivity contribution in [2.75, 3.05) is 0 Å². The van der Waals surface area contributed by atoms with Gasteiger partial charge in [0, 0.05) is 11.3 Å². The topological polar surface area (TPSA) is 71.8 Å². The van der Waals surface area contributed by atoms with E-state index in [1.165, 1.54) is 12.1 Å². The first kappa shape index (κ1) is 13.1. The summed E-state index contributed by atoms with van der Waals surface area (Å²) in [6.45, 7) is 1.57. The molecule has 0 radical (unpaired) electrons. The van der Waals surface area contributed by atoms with Gasteiger partial charge in [0.05, 0.1) is 5.56 Å². The van der Waals surface area contributed by atoms with Gasteiger partial charge in [-0.25, -0.2) is 4.98 Å². The quantitative estimate of drug-likeness (QED) is 0.879. The number of aromatic nitrogens is 2. The highest BCUT2D eigenvalue weighted by Crippen LogP contribution is 2.31. The number of nitrogens with zero attached hydrogens (tertiary/aromatic N) is 1. The second-order valence-electron chi connectivity index (χ2n) is 4.00. The molecular formula is C12H10F3N3O. The standard InChI is InChI=1S/C12H10F3N3O/c1-6-9(10(16)19)18-11(17-6)7-3-2-4-8(5-7)12(13,14)15/h2-5H,1H3,(H2,16,19)(H,17,18). The molecule has 1 amide bonds. The number of halogens is 3. The number of aryl methyl sites for hydroxylation is 1. The highest BCUT2D eigenvalue weighted by atomic mass is 19.4. The highest BCUT2D eigenvalue weighted by molar-refractivity contribution is 5.92. The highest BCUT2D eigenvalue weighted by Gasteiger charge is 2.30. The Hall–Kier alpha value is -2.31. The number of primary amides is 1. The number of aromatic amines is 1. The molecule has 3 N–H and O–H groups in total. The Morgan fingerprint density at radius 1 is 1.37 bits per heavy atom. The van der Waals surface area contributed by atoms with Gasteiger partial charge in [-0.2, -0.15) is 13.2 Å². The Morgan fingerprint density at radius 2 is 2.05 bits per heavy atom. The van der Waals surface area contributed by atoms with Gasteiger partial charge in [0.2, 0.25) is 0 Å². The molecule has 0 atom stereocenters. The predicted molar refractivity (Wildman–Crippen MR) is 62.3 cm³/mol. The fraction of sp³-hybridized carbons (Fsp3) is 0.167. The Labute approximate surface area is 106 Å². The summed E-state index contributed by atoms with van der Waals surface area (Å²) < 4.78 is 37.8. The van der Waals surface area contributed by atoms with Gasteiger partial charge in [0.25, 0.3) is 5.91 Å². The van der Waals surface area contributed by atoms with E-state index in [1.54, 1.807) is 6.92 Å². The van der Waals surface area contributed by atoms with Crippen LogP contribution in [0.2, 0.25) is 0 Å². The van der Waals surface area contributed by atoms with Crippen LogP contribution in [0.4, 0.5) is 13.2 Å². The monoisotopic (exact) mass is 269 g/mol. The minimum Gasteiger partial charge on any atom is -0.364 e. The van der Waals surface area contributed by atoms with Crippen molar-refractivity contribution in [2.24, 2.45) is 5.73 Å². The number of imidazole rings is 1. The number of alkyl halides is 3. The van der Waals surface area contributed by atoms with Crippen LogP contribution < -0.4 is 5.73 Å². The van der Waals surface area contributed by atoms with Crippen molar-refractivity contribution in [1.29, 1.82) is 0 Å². The molecular weight excluding hydrogens is 259 g/mol. The number of rotatable bonds is 2. The number of benzene rings is 1.